The van der Waals surface area contributed by atoms with Gasteiger partial charge in [-0.2, -0.15) is 18.3 Å². The Morgan fingerprint density at radius 2 is 2.00 bits per heavy atom. The molecule has 0 bridgehead atoms. The van der Waals surface area contributed by atoms with Crippen molar-refractivity contribution in [2.45, 2.75) is 6.18 Å². The number of nitrogens with zero attached hydrogens (tertiary/aromatic N) is 3. The maximum Gasteiger partial charge on any atom is 0.405 e. The molecule has 2 rings (SSSR count). The summed E-state index contributed by atoms with van der Waals surface area (Å²) in [6, 6.07) is 3.48. The summed E-state index contributed by atoms with van der Waals surface area (Å²) < 4.78 is 39.2. The molecule has 0 aliphatic rings. The third-order valence-electron chi connectivity index (χ3n) is 2.45. The Morgan fingerprint density at radius 1 is 1.37 bits per heavy atom. The third kappa shape index (κ3) is 2.95. The third-order valence-corrected chi connectivity index (χ3v) is 2.45. The van der Waals surface area contributed by atoms with E-state index >= 15 is 0 Å². The second kappa shape index (κ2) is 4.79. The zero-order valence-electron chi connectivity index (χ0n) is 9.98. The van der Waals surface area contributed by atoms with Crippen LogP contribution >= 0.6 is 0 Å². The van der Waals surface area contributed by atoms with Gasteiger partial charge in [0.2, 0.25) is 0 Å². The highest BCUT2D eigenvalue weighted by Gasteiger charge is 2.29. The van der Waals surface area contributed by atoms with Crippen molar-refractivity contribution in [2.75, 3.05) is 6.54 Å². The topological polar surface area (TPSA) is 51.9 Å². The molecule has 0 fully saturated rings. The molecule has 19 heavy (non-hydrogen) atoms. The molecule has 1 N–H and O–H groups in total. The van der Waals surface area contributed by atoms with Crippen LogP contribution in [0.25, 0.3) is 5.82 Å². The second-order valence-electron chi connectivity index (χ2n) is 3.89. The lowest BCUT2D eigenvalue weighted by molar-refractivity contribution is -0.123. The lowest BCUT2D eigenvalue weighted by Crippen LogP contribution is -2.34. The first-order valence-electron chi connectivity index (χ1n) is 5.39. The largest absolute Gasteiger partial charge is 0.405 e. The highest BCUT2D eigenvalue weighted by molar-refractivity contribution is 5.97. The number of hydrogen-bond acceptors (Lipinski definition) is 2. The van der Waals surface area contributed by atoms with Gasteiger partial charge in [0.05, 0.1) is 6.20 Å². The summed E-state index contributed by atoms with van der Waals surface area (Å²) >= 11 is 0. The molecule has 0 radical (unpaired) electrons. The molecule has 2 aromatic rings. The van der Waals surface area contributed by atoms with Gasteiger partial charge in [0.1, 0.15) is 17.9 Å². The lowest BCUT2D eigenvalue weighted by atomic mass is 10.3. The molecule has 0 atom stereocenters. The van der Waals surface area contributed by atoms with Crippen LogP contribution in [-0.2, 0) is 7.05 Å². The molecular formula is C11H11F3N4O. The molecule has 0 spiro atoms. The molecule has 2 heterocycles. The average molecular weight is 272 g/mol. The smallest absolute Gasteiger partial charge is 0.343 e. The molecule has 8 heteroatoms. The Bertz CT molecular complexity index is 571. The zero-order valence-corrected chi connectivity index (χ0v) is 9.98. The van der Waals surface area contributed by atoms with Crippen LogP contribution in [0.2, 0.25) is 0 Å². The minimum absolute atomic E-state index is 0.0861. The number of amides is 1. The fourth-order valence-corrected chi connectivity index (χ4v) is 1.65. The van der Waals surface area contributed by atoms with Gasteiger partial charge < -0.3 is 9.88 Å². The van der Waals surface area contributed by atoms with Crippen molar-refractivity contribution in [1.82, 2.24) is 19.7 Å². The summed E-state index contributed by atoms with van der Waals surface area (Å²) in [6.45, 7) is -1.37. The predicted molar refractivity (Wildman–Crippen MR) is 60.9 cm³/mol. The van der Waals surface area contributed by atoms with Crippen molar-refractivity contribution >= 4 is 5.91 Å². The van der Waals surface area contributed by atoms with Crippen molar-refractivity contribution in [2.24, 2.45) is 7.05 Å². The molecule has 102 valence electrons. The number of aryl methyl sites for hydroxylation is 1. The van der Waals surface area contributed by atoms with Gasteiger partial charge in [0.25, 0.3) is 5.91 Å². The number of rotatable bonds is 3. The molecule has 5 nitrogen and oxygen atoms in total. The summed E-state index contributed by atoms with van der Waals surface area (Å²) in [7, 11) is 1.61. The molecule has 0 unspecified atom stereocenters. The van der Waals surface area contributed by atoms with Gasteiger partial charge in [-0.15, -0.1) is 0 Å². The molecular weight excluding hydrogens is 261 g/mol. The summed E-state index contributed by atoms with van der Waals surface area (Å²) in [5, 5.41) is 5.72. The fourth-order valence-electron chi connectivity index (χ4n) is 1.65. The minimum Gasteiger partial charge on any atom is -0.343 e. The van der Waals surface area contributed by atoms with Gasteiger partial charge in [-0.3, -0.25) is 9.48 Å². The molecule has 0 aliphatic carbocycles. The van der Waals surface area contributed by atoms with Gasteiger partial charge in [-0.05, 0) is 12.1 Å². The van der Waals surface area contributed by atoms with E-state index in [-0.39, 0.29) is 5.56 Å². The molecule has 0 saturated heterocycles. The quantitative estimate of drug-likeness (QED) is 0.920. The number of carbonyl (C=O) groups excluding carboxylic acids is 1. The van der Waals surface area contributed by atoms with E-state index in [1.165, 1.54) is 10.9 Å². The molecule has 0 aliphatic heterocycles. The highest BCUT2D eigenvalue weighted by atomic mass is 19.4. The summed E-state index contributed by atoms with van der Waals surface area (Å²) in [5.74, 6) is -0.404. The second-order valence-corrected chi connectivity index (χ2v) is 3.89. The van der Waals surface area contributed by atoms with E-state index in [9.17, 15) is 18.0 Å². The van der Waals surface area contributed by atoms with Crippen LogP contribution in [-0.4, -0.2) is 33.0 Å². The van der Waals surface area contributed by atoms with E-state index in [1.54, 1.807) is 36.1 Å². The van der Waals surface area contributed by atoms with Gasteiger partial charge in [0.15, 0.2) is 0 Å². The number of hydrogen-bond donors (Lipinski definition) is 1. The van der Waals surface area contributed by atoms with Crippen molar-refractivity contribution in [3.63, 3.8) is 0 Å². The van der Waals surface area contributed by atoms with E-state index in [2.05, 4.69) is 5.10 Å². The standard InChI is InChI=1S/C11H11F3N4O/c1-17-10(18-4-2-3-5-18)8(6-16-17)9(19)15-7-11(12,13)14/h2-6H,7H2,1H3,(H,15,19). The normalized spacial score (nSPS) is 11.6. The van der Waals surface area contributed by atoms with E-state index in [0.717, 1.165) is 0 Å². The Hall–Kier alpha value is -2.25. The van der Waals surface area contributed by atoms with Gasteiger partial charge in [-0.1, -0.05) is 0 Å². The monoisotopic (exact) mass is 272 g/mol. The van der Waals surface area contributed by atoms with Crippen LogP contribution < -0.4 is 5.32 Å². The highest BCUT2D eigenvalue weighted by Crippen LogP contribution is 2.16. The lowest BCUT2D eigenvalue weighted by Gasteiger charge is -2.10. The Kier molecular flexibility index (Phi) is 3.32. The first-order valence-corrected chi connectivity index (χ1v) is 5.39. The summed E-state index contributed by atoms with van der Waals surface area (Å²) in [5.41, 5.74) is 0.0861. The molecule has 1 amide bonds. The van der Waals surface area contributed by atoms with Crippen LogP contribution in [0.5, 0.6) is 0 Å². The summed E-state index contributed by atoms with van der Waals surface area (Å²) in [6.07, 6.45) is 0.154. The number of alkyl halides is 3. The zero-order chi connectivity index (χ0) is 14.0. The fraction of sp³-hybridized carbons (Fsp3) is 0.273. The van der Waals surface area contributed by atoms with E-state index in [1.807, 2.05) is 5.32 Å². The van der Waals surface area contributed by atoms with Gasteiger partial charge in [-0.25, -0.2) is 0 Å². The average Bonchev–Trinajstić information content (AvgIpc) is 2.93. The molecule has 2 aromatic heterocycles. The molecule has 0 saturated carbocycles. The first-order chi connectivity index (χ1) is 8.88. The van der Waals surface area contributed by atoms with Crippen LogP contribution in [0.3, 0.4) is 0 Å². The Balaban J connectivity index is 2.24. The number of aromatic nitrogens is 3. The van der Waals surface area contributed by atoms with Crippen LogP contribution in [0, 0.1) is 0 Å². The van der Waals surface area contributed by atoms with Crippen molar-refractivity contribution in [1.29, 1.82) is 0 Å². The Labute approximate surface area is 106 Å². The number of halogens is 3. The van der Waals surface area contributed by atoms with E-state index in [4.69, 9.17) is 0 Å². The van der Waals surface area contributed by atoms with Crippen LogP contribution in [0.1, 0.15) is 10.4 Å². The van der Waals surface area contributed by atoms with Crippen molar-refractivity contribution in [3.8, 4) is 5.82 Å². The maximum absolute atomic E-state index is 12.1. The Morgan fingerprint density at radius 3 is 2.58 bits per heavy atom. The van der Waals surface area contributed by atoms with E-state index in [0.29, 0.717) is 5.82 Å². The summed E-state index contributed by atoms with van der Waals surface area (Å²) in [4.78, 5) is 11.7. The minimum atomic E-state index is -4.44. The number of carbonyl (C=O) groups is 1. The number of nitrogens with one attached hydrogen (secondary N) is 1. The van der Waals surface area contributed by atoms with E-state index < -0.39 is 18.6 Å². The van der Waals surface area contributed by atoms with Crippen LogP contribution in [0.15, 0.2) is 30.7 Å². The van der Waals surface area contributed by atoms with Crippen molar-refractivity contribution < 1.29 is 18.0 Å². The van der Waals surface area contributed by atoms with Crippen molar-refractivity contribution in [3.05, 3.63) is 36.3 Å². The first kappa shape index (κ1) is 13.2. The van der Waals surface area contributed by atoms with Gasteiger partial charge in [0, 0.05) is 19.4 Å². The van der Waals surface area contributed by atoms with Gasteiger partial charge >= 0.3 is 6.18 Å². The molecule has 0 aromatic carbocycles. The predicted octanol–water partition coefficient (Wildman–Crippen LogP) is 1.50. The SMILES string of the molecule is Cn1ncc(C(=O)NCC(F)(F)F)c1-n1cccc1. The van der Waals surface area contributed by atoms with Crippen LogP contribution in [0.4, 0.5) is 13.2 Å². The maximum atomic E-state index is 12.1.